The van der Waals surface area contributed by atoms with E-state index >= 15 is 0 Å². The summed E-state index contributed by atoms with van der Waals surface area (Å²) in [7, 11) is 1.59. The monoisotopic (exact) mass is 519 g/mol. The number of anilines is 2. The molecule has 2 fully saturated rings. The second-order valence-corrected chi connectivity index (χ2v) is 9.97. The number of aromatic nitrogens is 1. The van der Waals surface area contributed by atoms with Gasteiger partial charge in [-0.05, 0) is 37.0 Å². The number of urea groups is 1. The second kappa shape index (κ2) is 12.3. The molecule has 0 unspecified atom stereocenters. The third-order valence-electron chi connectivity index (χ3n) is 7.49. The third-order valence-corrected chi connectivity index (χ3v) is 7.49. The van der Waals surface area contributed by atoms with Gasteiger partial charge in [0.15, 0.2) is 0 Å². The lowest BCUT2D eigenvalue weighted by Gasteiger charge is -2.26. The van der Waals surface area contributed by atoms with Gasteiger partial charge >= 0.3 is 6.03 Å². The van der Waals surface area contributed by atoms with E-state index in [0.717, 1.165) is 67.9 Å². The number of hydrogen-bond acceptors (Lipinski definition) is 5. The fourth-order valence-corrected chi connectivity index (χ4v) is 5.40. The van der Waals surface area contributed by atoms with Crippen LogP contribution < -0.4 is 20.7 Å². The largest absolute Gasteiger partial charge is 0.492 e. The predicted octanol–water partition coefficient (Wildman–Crippen LogP) is 4.93. The molecule has 4 N–H and O–H groups in total. The molecule has 38 heavy (non-hydrogen) atoms. The fourth-order valence-electron chi connectivity index (χ4n) is 5.40. The lowest BCUT2D eigenvalue weighted by molar-refractivity contribution is 0.0323. The number of benzene rings is 2. The predicted molar refractivity (Wildman–Crippen MR) is 149 cm³/mol. The molecule has 202 valence electrons. The van der Waals surface area contributed by atoms with E-state index < -0.39 is 6.03 Å². The summed E-state index contributed by atoms with van der Waals surface area (Å²) in [5, 5.41) is 10.3. The Balaban J connectivity index is 1.29. The first kappa shape index (κ1) is 26.1. The molecule has 3 amide bonds. The van der Waals surface area contributed by atoms with E-state index in [1.807, 2.05) is 42.5 Å². The third kappa shape index (κ3) is 6.11. The molecule has 0 atom stereocenters. The number of nitrogens with zero attached hydrogens (tertiary/aromatic N) is 1. The van der Waals surface area contributed by atoms with E-state index in [1.165, 1.54) is 19.3 Å². The van der Waals surface area contributed by atoms with Gasteiger partial charge in [-0.25, -0.2) is 4.79 Å². The van der Waals surface area contributed by atoms with Crippen molar-refractivity contribution in [3.8, 4) is 5.75 Å². The summed E-state index contributed by atoms with van der Waals surface area (Å²) in [6.45, 7) is 4.80. The number of carbonyl (C=O) groups excluding carboxylic acids is 2. The van der Waals surface area contributed by atoms with Crippen LogP contribution in [0.3, 0.4) is 0 Å². The van der Waals surface area contributed by atoms with Crippen LogP contribution in [0, 0.1) is 0 Å². The van der Waals surface area contributed by atoms with Gasteiger partial charge in [0, 0.05) is 43.1 Å². The van der Waals surface area contributed by atoms with Gasteiger partial charge in [0.25, 0.3) is 5.91 Å². The molecule has 0 spiro atoms. The van der Waals surface area contributed by atoms with Gasteiger partial charge in [0.2, 0.25) is 0 Å². The maximum Gasteiger partial charge on any atom is 0.323 e. The molecule has 1 aromatic heterocycles. The van der Waals surface area contributed by atoms with Crippen molar-refractivity contribution in [3.05, 3.63) is 53.9 Å². The van der Waals surface area contributed by atoms with Gasteiger partial charge in [-0.1, -0.05) is 43.5 Å². The van der Waals surface area contributed by atoms with Gasteiger partial charge in [-0.2, -0.15) is 0 Å². The molecule has 1 saturated carbocycles. The fraction of sp³-hybridized carbons (Fsp3) is 0.448. The SMILES string of the molecule is CNC(=O)c1[nH]c(C2CCCCC2)cc1NC(=O)Nc1ccc(OCCN2CCOCC2)c2ccccc12. The maximum absolute atomic E-state index is 13.1. The van der Waals surface area contributed by atoms with Gasteiger partial charge < -0.3 is 30.4 Å². The highest BCUT2D eigenvalue weighted by atomic mass is 16.5. The molecule has 2 aliphatic rings. The summed E-state index contributed by atoms with van der Waals surface area (Å²) in [5.41, 5.74) is 2.53. The average Bonchev–Trinajstić information content (AvgIpc) is 3.38. The Kier molecular flexibility index (Phi) is 8.45. The zero-order chi connectivity index (χ0) is 26.3. The lowest BCUT2D eigenvalue weighted by Crippen LogP contribution is -2.38. The molecular weight excluding hydrogens is 482 g/mol. The minimum atomic E-state index is -0.407. The van der Waals surface area contributed by atoms with Crippen molar-refractivity contribution < 1.29 is 19.1 Å². The molecule has 2 aromatic carbocycles. The number of fused-ring (bicyclic) bond motifs is 1. The molecule has 2 heterocycles. The number of rotatable bonds is 8. The van der Waals surface area contributed by atoms with Crippen LogP contribution >= 0.6 is 0 Å². The van der Waals surface area contributed by atoms with Crippen molar-refractivity contribution in [2.45, 2.75) is 38.0 Å². The molecule has 1 saturated heterocycles. The summed E-state index contributed by atoms with van der Waals surface area (Å²) < 4.78 is 11.5. The number of nitrogens with one attached hydrogen (secondary N) is 4. The first-order valence-corrected chi connectivity index (χ1v) is 13.6. The van der Waals surface area contributed by atoms with Crippen molar-refractivity contribution >= 4 is 34.1 Å². The summed E-state index contributed by atoms with van der Waals surface area (Å²) >= 11 is 0. The first-order chi connectivity index (χ1) is 18.6. The number of morpholine rings is 1. The Morgan fingerprint density at radius 1 is 1.00 bits per heavy atom. The Bertz CT molecular complexity index is 1260. The molecule has 1 aliphatic carbocycles. The van der Waals surface area contributed by atoms with E-state index in [2.05, 4.69) is 25.8 Å². The van der Waals surface area contributed by atoms with E-state index in [9.17, 15) is 9.59 Å². The normalized spacial score (nSPS) is 16.8. The molecule has 5 rings (SSSR count). The lowest BCUT2D eigenvalue weighted by atomic mass is 9.87. The molecule has 0 bridgehead atoms. The number of amides is 3. The van der Waals surface area contributed by atoms with Crippen LogP contribution in [0.1, 0.15) is 54.2 Å². The van der Waals surface area contributed by atoms with Crippen molar-refractivity contribution in [2.75, 3.05) is 57.1 Å². The van der Waals surface area contributed by atoms with Gasteiger partial charge in [-0.3, -0.25) is 9.69 Å². The van der Waals surface area contributed by atoms with Crippen LogP contribution in [0.2, 0.25) is 0 Å². The van der Waals surface area contributed by atoms with Crippen LogP contribution in [0.15, 0.2) is 42.5 Å². The Hall–Kier alpha value is -3.56. The van der Waals surface area contributed by atoms with Crippen LogP contribution in [0.5, 0.6) is 5.75 Å². The zero-order valence-electron chi connectivity index (χ0n) is 22.0. The standard InChI is InChI=1S/C29H37N5O4/c1-30-28(35)27-25(19-24(31-27)20-7-3-2-4-8-20)33-29(36)32-23-11-12-26(22-10-6-5-9-21(22)23)38-18-15-34-13-16-37-17-14-34/h5-6,9-12,19-20,31H,2-4,7-8,13-18H2,1H3,(H,30,35)(H2,32,33,36). The van der Waals surface area contributed by atoms with Crippen LogP contribution in [0.4, 0.5) is 16.2 Å². The van der Waals surface area contributed by atoms with Crippen molar-refractivity contribution in [2.24, 2.45) is 0 Å². The highest BCUT2D eigenvalue weighted by Crippen LogP contribution is 2.35. The van der Waals surface area contributed by atoms with Crippen LogP contribution in [0.25, 0.3) is 10.8 Å². The van der Waals surface area contributed by atoms with E-state index in [4.69, 9.17) is 9.47 Å². The maximum atomic E-state index is 13.1. The molecule has 9 nitrogen and oxygen atoms in total. The van der Waals surface area contributed by atoms with Gasteiger partial charge in [0.05, 0.1) is 24.6 Å². The van der Waals surface area contributed by atoms with Crippen LogP contribution in [-0.2, 0) is 4.74 Å². The number of carbonyl (C=O) groups is 2. The summed E-state index contributed by atoms with van der Waals surface area (Å²) in [5.74, 6) is 0.904. The first-order valence-electron chi connectivity index (χ1n) is 13.6. The highest BCUT2D eigenvalue weighted by Gasteiger charge is 2.23. The number of ether oxygens (including phenoxy) is 2. The summed E-state index contributed by atoms with van der Waals surface area (Å²) in [4.78, 5) is 31.2. The topological polar surface area (TPSA) is 108 Å². The second-order valence-electron chi connectivity index (χ2n) is 9.97. The number of aromatic amines is 1. The molecule has 1 aliphatic heterocycles. The van der Waals surface area contributed by atoms with E-state index in [1.54, 1.807) is 7.05 Å². The van der Waals surface area contributed by atoms with E-state index in [0.29, 0.717) is 29.6 Å². The molecule has 3 aromatic rings. The molecule has 9 heteroatoms. The highest BCUT2D eigenvalue weighted by molar-refractivity contribution is 6.09. The number of H-pyrrole nitrogens is 1. The van der Waals surface area contributed by atoms with Crippen molar-refractivity contribution in [1.29, 1.82) is 0 Å². The van der Waals surface area contributed by atoms with Crippen LogP contribution in [-0.4, -0.2) is 68.3 Å². The summed E-state index contributed by atoms with van der Waals surface area (Å²) in [6.07, 6.45) is 5.79. The zero-order valence-corrected chi connectivity index (χ0v) is 22.0. The Morgan fingerprint density at radius 2 is 1.74 bits per heavy atom. The minimum Gasteiger partial charge on any atom is -0.492 e. The number of hydrogen-bond donors (Lipinski definition) is 4. The smallest absolute Gasteiger partial charge is 0.323 e. The average molecular weight is 520 g/mol. The van der Waals surface area contributed by atoms with E-state index in [-0.39, 0.29) is 5.91 Å². The molecule has 0 radical (unpaired) electrons. The van der Waals surface area contributed by atoms with Gasteiger partial charge in [-0.15, -0.1) is 0 Å². The van der Waals surface area contributed by atoms with Gasteiger partial charge in [0.1, 0.15) is 18.1 Å². The Labute approximate surface area is 223 Å². The Morgan fingerprint density at radius 3 is 2.50 bits per heavy atom. The quantitative estimate of drug-likeness (QED) is 0.338. The van der Waals surface area contributed by atoms with Crippen molar-refractivity contribution in [3.63, 3.8) is 0 Å². The molecular formula is C29H37N5O4. The minimum absolute atomic E-state index is 0.258. The summed E-state index contributed by atoms with van der Waals surface area (Å²) in [6, 6.07) is 13.1. The van der Waals surface area contributed by atoms with Crippen molar-refractivity contribution in [1.82, 2.24) is 15.2 Å².